The Morgan fingerprint density at radius 1 is 1.25 bits per heavy atom. The van der Waals surface area contributed by atoms with Crippen molar-refractivity contribution in [2.75, 3.05) is 18.5 Å². The number of nitrogens with one attached hydrogen (secondary N) is 1. The van der Waals surface area contributed by atoms with Crippen molar-refractivity contribution in [1.29, 1.82) is 10.5 Å². The summed E-state index contributed by atoms with van der Waals surface area (Å²) < 4.78 is 11.4. The highest BCUT2D eigenvalue weighted by Gasteiger charge is 2.14. The lowest BCUT2D eigenvalue weighted by atomic mass is 10.1. The van der Waals surface area contributed by atoms with Gasteiger partial charge in [-0.3, -0.25) is 4.79 Å². The molecule has 2 aromatic carbocycles. The van der Waals surface area contributed by atoms with Crippen molar-refractivity contribution < 1.29 is 19.4 Å². The molecule has 2 rings (SSSR count). The minimum Gasteiger partial charge on any atom is -0.508 e. The summed E-state index contributed by atoms with van der Waals surface area (Å²) in [6, 6.07) is 12.9. The van der Waals surface area contributed by atoms with Crippen LogP contribution >= 0.6 is 15.9 Å². The van der Waals surface area contributed by atoms with Crippen molar-refractivity contribution in [3.8, 4) is 29.4 Å². The summed E-state index contributed by atoms with van der Waals surface area (Å²) in [5.74, 6) is 0.232. The Hall–Kier alpha value is -3.49. The van der Waals surface area contributed by atoms with Crippen LogP contribution in [-0.4, -0.2) is 24.2 Å². The molecular formula is C20H16BrN3O4. The van der Waals surface area contributed by atoms with E-state index in [1.54, 1.807) is 19.1 Å². The third-order valence-electron chi connectivity index (χ3n) is 3.41. The molecular weight excluding hydrogens is 426 g/mol. The Labute approximate surface area is 170 Å². The molecule has 0 fully saturated rings. The minimum atomic E-state index is -0.591. The van der Waals surface area contributed by atoms with Crippen LogP contribution in [0.5, 0.6) is 17.2 Å². The van der Waals surface area contributed by atoms with E-state index in [0.717, 1.165) is 0 Å². The van der Waals surface area contributed by atoms with Crippen molar-refractivity contribution in [3.05, 3.63) is 52.0 Å². The number of benzene rings is 2. The Kier molecular flexibility index (Phi) is 7.44. The molecule has 2 aromatic rings. The average molecular weight is 442 g/mol. The SMILES string of the molecule is CCOc1cc(/C=C(\C#N)C(=O)Nc2ccc(O)cc2)cc(Br)c1OCC#N. The number of nitriles is 2. The molecule has 0 saturated heterocycles. The highest BCUT2D eigenvalue weighted by atomic mass is 79.9. The molecule has 0 bridgehead atoms. The lowest BCUT2D eigenvalue weighted by Crippen LogP contribution is -2.13. The lowest BCUT2D eigenvalue weighted by Gasteiger charge is -2.13. The fourth-order valence-electron chi connectivity index (χ4n) is 2.24. The summed E-state index contributed by atoms with van der Waals surface area (Å²) in [5, 5.41) is 30.0. The van der Waals surface area contributed by atoms with E-state index in [1.807, 2.05) is 12.1 Å². The predicted molar refractivity (Wildman–Crippen MR) is 107 cm³/mol. The van der Waals surface area contributed by atoms with Crippen LogP contribution in [-0.2, 0) is 4.79 Å². The number of ether oxygens (including phenoxy) is 2. The number of phenolic OH excluding ortho intramolecular Hbond substituents is 1. The number of nitrogens with zero attached hydrogens (tertiary/aromatic N) is 2. The summed E-state index contributed by atoms with van der Waals surface area (Å²) in [5.41, 5.74) is 0.866. The first-order valence-corrected chi connectivity index (χ1v) is 8.96. The second kappa shape index (κ2) is 10.0. The Balaban J connectivity index is 2.32. The molecule has 7 nitrogen and oxygen atoms in total. The monoisotopic (exact) mass is 441 g/mol. The van der Waals surface area contributed by atoms with Gasteiger partial charge in [-0.15, -0.1) is 0 Å². The summed E-state index contributed by atoms with van der Waals surface area (Å²) in [7, 11) is 0. The standard InChI is InChI=1S/C20H16BrN3O4/c1-2-27-18-11-13(10-17(21)19(18)28-8-7-22)9-14(12-23)20(26)24-15-3-5-16(25)6-4-15/h3-6,9-11,25H,2,8H2,1H3,(H,24,26)/b14-9+. The number of phenols is 1. The molecule has 2 N–H and O–H groups in total. The second-order valence-corrected chi connectivity index (χ2v) is 6.23. The van der Waals surface area contributed by atoms with Crippen molar-refractivity contribution in [2.45, 2.75) is 6.92 Å². The van der Waals surface area contributed by atoms with E-state index in [9.17, 15) is 15.2 Å². The normalized spacial score (nSPS) is 10.5. The van der Waals surface area contributed by atoms with Crippen molar-refractivity contribution in [2.24, 2.45) is 0 Å². The number of halogens is 1. The maximum atomic E-state index is 12.4. The highest BCUT2D eigenvalue weighted by molar-refractivity contribution is 9.10. The fraction of sp³-hybridized carbons (Fsp3) is 0.150. The van der Waals surface area contributed by atoms with Crippen molar-refractivity contribution in [1.82, 2.24) is 0 Å². The van der Waals surface area contributed by atoms with Crippen LogP contribution in [0.2, 0.25) is 0 Å². The Morgan fingerprint density at radius 2 is 1.96 bits per heavy atom. The molecule has 0 heterocycles. The molecule has 1 amide bonds. The van der Waals surface area contributed by atoms with Crippen LogP contribution in [0, 0.1) is 22.7 Å². The Morgan fingerprint density at radius 3 is 2.57 bits per heavy atom. The number of rotatable bonds is 7. The molecule has 0 saturated carbocycles. The molecule has 28 heavy (non-hydrogen) atoms. The summed E-state index contributed by atoms with van der Waals surface area (Å²) >= 11 is 3.36. The van der Waals surface area contributed by atoms with Gasteiger partial charge in [-0.05, 0) is 70.9 Å². The van der Waals surface area contributed by atoms with E-state index in [4.69, 9.17) is 14.7 Å². The molecule has 0 unspecified atom stereocenters. The number of carbonyl (C=O) groups is 1. The molecule has 0 spiro atoms. The lowest BCUT2D eigenvalue weighted by molar-refractivity contribution is -0.112. The van der Waals surface area contributed by atoms with Crippen LogP contribution in [0.25, 0.3) is 6.08 Å². The van der Waals surface area contributed by atoms with Gasteiger partial charge in [0.15, 0.2) is 18.1 Å². The fourth-order valence-corrected chi connectivity index (χ4v) is 2.81. The van der Waals surface area contributed by atoms with E-state index in [1.165, 1.54) is 30.3 Å². The number of carbonyl (C=O) groups excluding carboxylic acids is 1. The second-order valence-electron chi connectivity index (χ2n) is 5.38. The van der Waals surface area contributed by atoms with E-state index >= 15 is 0 Å². The molecule has 0 aromatic heterocycles. The summed E-state index contributed by atoms with van der Waals surface area (Å²) in [4.78, 5) is 12.4. The molecule has 142 valence electrons. The minimum absolute atomic E-state index is 0.0704. The average Bonchev–Trinajstić information content (AvgIpc) is 2.67. The number of aromatic hydroxyl groups is 1. The largest absolute Gasteiger partial charge is 0.508 e. The van der Waals surface area contributed by atoms with Gasteiger partial charge < -0.3 is 19.9 Å². The van der Waals surface area contributed by atoms with Gasteiger partial charge in [0.1, 0.15) is 23.5 Å². The first-order chi connectivity index (χ1) is 13.5. The molecule has 0 atom stereocenters. The number of anilines is 1. The molecule has 0 aliphatic carbocycles. The topological polar surface area (TPSA) is 115 Å². The summed E-state index contributed by atoms with van der Waals surface area (Å²) in [6.45, 7) is 2.03. The first-order valence-electron chi connectivity index (χ1n) is 8.16. The number of amides is 1. The molecule has 0 aliphatic heterocycles. The molecule has 0 aliphatic rings. The van der Waals surface area contributed by atoms with E-state index in [0.29, 0.717) is 33.8 Å². The first kappa shape index (κ1) is 20.8. The zero-order valence-electron chi connectivity index (χ0n) is 14.9. The van der Waals surface area contributed by atoms with Crippen LogP contribution in [0.4, 0.5) is 5.69 Å². The summed E-state index contributed by atoms with van der Waals surface area (Å²) in [6.07, 6.45) is 1.41. The van der Waals surface area contributed by atoms with Gasteiger partial charge in [0.05, 0.1) is 11.1 Å². The van der Waals surface area contributed by atoms with Gasteiger partial charge in [-0.2, -0.15) is 10.5 Å². The van der Waals surface area contributed by atoms with Gasteiger partial charge in [-0.1, -0.05) is 0 Å². The van der Waals surface area contributed by atoms with Crippen LogP contribution in [0.15, 0.2) is 46.4 Å². The van der Waals surface area contributed by atoms with Crippen LogP contribution in [0.3, 0.4) is 0 Å². The van der Waals surface area contributed by atoms with E-state index < -0.39 is 5.91 Å². The van der Waals surface area contributed by atoms with Gasteiger partial charge >= 0.3 is 0 Å². The smallest absolute Gasteiger partial charge is 0.266 e. The van der Waals surface area contributed by atoms with Crippen LogP contribution < -0.4 is 14.8 Å². The van der Waals surface area contributed by atoms with Gasteiger partial charge in [0, 0.05) is 5.69 Å². The van der Waals surface area contributed by atoms with Gasteiger partial charge in [-0.25, -0.2) is 0 Å². The third-order valence-corrected chi connectivity index (χ3v) is 4.00. The van der Waals surface area contributed by atoms with E-state index in [2.05, 4.69) is 21.2 Å². The maximum Gasteiger partial charge on any atom is 0.266 e. The van der Waals surface area contributed by atoms with Crippen molar-refractivity contribution >= 4 is 33.6 Å². The molecule has 8 heteroatoms. The van der Waals surface area contributed by atoms with Crippen molar-refractivity contribution in [3.63, 3.8) is 0 Å². The number of hydrogen-bond donors (Lipinski definition) is 2. The Bertz CT molecular complexity index is 973. The number of hydrogen-bond acceptors (Lipinski definition) is 6. The zero-order chi connectivity index (χ0) is 20.5. The van der Waals surface area contributed by atoms with E-state index in [-0.39, 0.29) is 17.9 Å². The van der Waals surface area contributed by atoms with Crippen LogP contribution in [0.1, 0.15) is 12.5 Å². The van der Waals surface area contributed by atoms with Gasteiger partial charge in [0.25, 0.3) is 5.91 Å². The zero-order valence-corrected chi connectivity index (χ0v) is 16.5. The van der Waals surface area contributed by atoms with Gasteiger partial charge in [0.2, 0.25) is 0 Å². The maximum absolute atomic E-state index is 12.4. The quantitative estimate of drug-likeness (QED) is 0.381. The highest BCUT2D eigenvalue weighted by Crippen LogP contribution is 2.37. The molecule has 0 radical (unpaired) electrons. The third kappa shape index (κ3) is 5.50. The predicted octanol–water partition coefficient (Wildman–Crippen LogP) is 4.00.